The molecule has 0 aliphatic carbocycles. The molecule has 5 rings (SSSR count). The van der Waals surface area contributed by atoms with E-state index < -0.39 is 0 Å². The number of amides is 1. The van der Waals surface area contributed by atoms with Crippen LogP contribution in [-0.4, -0.2) is 54.1 Å². The van der Waals surface area contributed by atoms with Gasteiger partial charge < -0.3 is 20.6 Å². The van der Waals surface area contributed by atoms with Crippen LogP contribution in [-0.2, 0) is 0 Å². The number of aromatic nitrogens is 4. The number of rotatable bonds is 8. The molecule has 182 valence electrons. The van der Waals surface area contributed by atoms with E-state index >= 15 is 0 Å². The van der Waals surface area contributed by atoms with Crippen LogP contribution in [0, 0.1) is 10.4 Å². The van der Waals surface area contributed by atoms with Crippen molar-refractivity contribution in [3.8, 4) is 0 Å². The molecule has 3 aromatic carbocycles. The number of benzene rings is 3. The molecule has 36 heavy (non-hydrogen) atoms. The van der Waals surface area contributed by atoms with Crippen molar-refractivity contribution in [2.75, 3.05) is 38.5 Å². The van der Waals surface area contributed by atoms with Crippen molar-refractivity contribution >= 4 is 44.7 Å². The number of para-hydroxylation sites is 4. The Morgan fingerprint density at radius 2 is 1.64 bits per heavy atom. The fourth-order valence-electron chi connectivity index (χ4n) is 4.11. The summed E-state index contributed by atoms with van der Waals surface area (Å²) >= 11 is 0. The van der Waals surface area contributed by atoms with Gasteiger partial charge in [-0.1, -0.05) is 42.5 Å². The van der Waals surface area contributed by atoms with Gasteiger partial charge in [-0.3, -0.25) is 10.1 Å². The summed E-state index contributed by atoms with van der Waals surface area (Å²) in [7, 11) is 1.91. The van der Waals surface area contributed by atoms with Crippen LogP contribution in [0.5, 0.6) is 0 Å². The maximum Gasteiger partial charge on any atom is 0.461 e. The molecule has 10 heteroatoms. The Hall–Kier alpha value is -4.57. The molecular formula is C26H25N7O3. The molecule has 5 aromatic rings. The van der Waals surface area contributed by atoms with Gasteiger partial charge in [0, 0.05) is 41.3 Å². The van der Waals surface area contributed by atoms with Crippen LogP contribution in [0.4, 0.5) is 5.95 Å². The van der Waals surface area contributed by atoms with Crippen LogP contribution >= 0.6 is 0 Å². The maximum absolute atomic E-state index is 12.9. The second kappa shape index (κ2) is 9.96. The molecule has 0 bridgehead atoms. The largest absolute Gasteiger partial charge is 0.739 e. The topological polar surface area (TPSA) is 124 Å². The Kier molecular flexibility index (Phi) is 6.42. The third-order valence-corrected chi connectivity index (χ3v) is 6.03. The summed E-state index contributed by atoms with van der Waals surface area (Å²) in [5, 5.41) is 36.2. The number of carbonyl (C=O) groups is 1. The van der Waals surface area contributed by atoms with E-state index in [1.54, 1.807) is 30.3 Å². The first kappa shape index (κ1) is 23.2. The molecule has 10 nitrogen and oxygen atoms in total. The van der Waals surface area contributed by atoms with Crippen LogP contribution in [0.1, 0.15) is 10.4 Å². The first-order valence-corrected chi connectivity index (χ1v) is 11.6. The average molecular weight is 484 g/mol. The minimum absolute atomic E-state index is 0.0543. The quantitative estimate of drug-likeness (QED) is 0.196. The lowest BCUT2D eigenvalue weighted by Crippen LogP contribution is -2.45. The lowest BCUT2D eigenvalue weighted by molar-refractivity contribution is -0.672. The minimum atomic E-state index is -0.178. The summed E-state index contributed by atoms with van der Waals surface area (Å²) in [4.78, 5) is 20.0. The predicted octanol–water partition coefficient (Wildman–Crippen LogP) is 1.98. The molecule has 0 fully saturated rings. The van der Waals surface area contributed by atoms with E-state index in [9.17, 15) is 15.2 Å². The van der Waals surface area contributed by atoms with E-state index in [1.165, 1.54) is 0 Å². The fourth-order valence-corrected chi connectivity index (χ4v) is 4.11. The lowest BCUT2D eigenvalue weighted by Gasteiger charge is -2.17. The van der Waals surface area contributed by atoms with Gasteiger partial charge in [0.05, 0.1) is 23.1 Å². The molecule has 0 unspecified atom stereocenters. The van der Waals surface area contributed by atoms with E-state index in [-0.39, 0.29) is 22.9 Å². The minimum Gasteiger partial charge on any atom is -0.739 e. The molecular weight excluding hydrogens is 458 g/mol. The number of fused-ring (bicyclic) bond motifs is 3. The number of pyridine rings is 1. The Morgan fingerprint density at radius 1 is 0.917 bits per heavy atom. The number of hydrogen-bond donors (Lipinski definition) is 2. The average Bonchev–Trinajstić information content (AvgIpc) is 2.89. The maximum atomic E-state index is 12.9. The zero-order valence-corrected chi connectivity index (χ0v) is 19.7. The van der Waals surface area contributed by atoms with Crippen molar-refractivity contribution in [3.05, 3.63) is 88.8 Å². The van der Waals surface area contributed by atoms with Crippen molar-refractivity contribution in [2.24, 2.45) is 0 Å². The number of nitrogens with one attached hydrogen (secondary N) is 2. The molecule has 2 heterocycles. The molecule has 0 aliphatic heterocycles. The predicted molar refractivity (Wildman–Crippen MR) is 137 cm³/mol. The normalized spacial score (nSPS) is 11.4. The Bertz CT molecular complexity index is 1570. The number of hydrogen-bond acceptors (Lipinski definition) is 7. The van der Waals surface area contributed by atoms with Crippen molar-refractivity contribution in [1.29, 1.82) is 0 Å². The summed E-state index contributed by atoms with van der Waals surface area (Å²) in [5.74, 6) is -0.232. The van der Waals surface area contributed by atoms with Gasteiger partial charge in [-0.2, -0.15) is 0 Å². The van der Waals surface area contributed by atoms with Gasteiger partial charge in [0.1, 0.15) is 0 Å². The van der Waals surface area contributed by atoms with E-state index in [2.05, 4.69) is 15.7 Å². The summed E-state index contributed by atoms with van der Waals surface area (Å²) in [6.07, 6.45) is 0. The van der Waals surface area contributed by atoms with Gasteiger partial charge in [0.15, 0.2) is 5.52 Å². The van der Waals surface area contributed by atoms with Gasteiger partial charge in [-0.15, -0.1) is 0 Å². The van der Waals surface area contributed by atoms with Gasteiger partial charge in [-0.05, 0) is 31.3 Å². The SMILES string of the molecule is CN(CCNC(=O)c1cccc2cc3ccccc3nc12)CCNc1n[n+]([O-])c2ccccc2[n+]1[O-]. The van der Waals surface area contributed by atoms with Gasteiger partial charge >= 0.3 is 5.95 Å². The lowest BCUT2D eigenvalue weighted by atomic mass is 10.1. The monoisotopic (exact) mass is 483 g/mol. The molecule has 0 saturated carbocycles. The molecule has 0 atom stereocenters. The van der Waals surface area contributed by atoms with Crippen molar-refractivity contribution in [2.45, 2.75) is 0 Å². The number of carbonyl (C=O) groups excluding carboxylic acids is 1. The highest BCUT2D eigenvalue weighted by molar-refractivity contribution is 6.07. The first-order chi connectivity index (χ1) is 17.5. The number of likely N-dealkylation sites (N-methyl/N-ethyl adjacent to an activating group) is 1. The van der Waals surface area contributed by atoms with Crippen LogP contribution in [0.25, 0.3) is 32.8 Å². The van der Waals surface area contributed by atoms with Crippen molar-refractivity contribution in [3.63, 3.8) is 0 Å². The highest BCUT2D eigenvalue weighted by Crippen LogP contribution is 2.22. The Labute approximate surface area is 207 Å². The summed E-state index contributed by atoms with van der Waals surface area (Å²) in [6.45, 7) is 2.01. The summed E-state index contributed by atoms with van der Waals surface area (Å²) in [5.41, 5.74) is 2.52. The van der Waals surface area contributed by atoms with Gasteiger partial charge in [0.25, 0.3) is 11.4 Å². The van der Waals surface area contributed by atoms with Crippen LogP contribution in [0.2, 0.25) is 0 Å². The van der Waals surface area contributed by atoms with E-state index in [1.807, 2.05) is 54.4 Å². The molecule has 1 amide bonds. The van der Waals surface area contributed by atoms with Crippen LogP contribution in [0.15, 0.2) is 72.8 Å². The summed E-state index contributed by atoms with van der Waals surface area (Å²) in [6, 6.07) is 22.0. The second-order valence-corrected chi connectivity index (χ2v) is 8.52. The standard InChI is InChI=1S/C26H25N7O3/c1-31(16-14-28-26-30-33(36)23-12-5-4-11-22(23)32(26)35)15-13-27-25(34)20-9-6-8-19-17-18-7-2-3-10-21(18)29-24(19)20/h2-12,17H,13-16H2,1H3,(H,27,34)(H,28,30). The number of anilines is 1. The van der Waals surface area contributed by atoms with Crippen molar-refractivity contribution < 1.29 is 14.4 Å². The molecule has 2 aromatic heterocycles. The Morgan fingerprint density at radius 3 is 2.50 bits per heavy atom. The molecule has 0 saturated heterocycles. The fraction of sp³-hybridized carbons (Fsp3) is 0.192. The molecule has 2 N–H and O–H groups in total. The Balaban J connectivity index is 1.16. The third-order valence-electron chi connectivity index (χ3n) is 6.03. The second-order valence-electron chi connectivity index (χ2n) is 8.52. The van der Waals surface area contributed by atoms with Crippen LogP contribution < -0.4 is 20.2 Å². The molecule has 0 aliphatic rings. The summed E-state index contributed by atoms with van der Waals surface area (Å²) < 4.78 is 0.616. The highest BCUT2D eigenvalue weighted by atomic mass is 16.5. The zero-order valence-electron chi connectivity index (χ0n) is 19.7. The molecule has 0 radical (unpaired) electrons. The molecule has 0 spiro atoms. The van der Waals surface area contributed by atoms with Crippen LogP contribution in [0.3, 0.4) is 0 Å². The van der Waals surface area contributed by atoms with E-state index in [0.29, 0.717) is 46.8 Å². The van der Waals surface area contributed by atoms with E-state index in [0.717, 1.165) is 16.3 Å². The zero-order chi connectivity index (χ0) is 25.1. The van der Waals surface area contributed by atoms with E-state index in [4.69, 9.17) is 4.98 Å². The highest BCUT2D eigenvalue weighted by Gasteiger charge is 2.19. The third kappa shape index (κ3) is 4.66. The van der Waals surface area contributed by atoms with Gasteiger partial charge in [0.2, 0.25) is 5.10 Å². The number of nitrogens with zero attached hydrogens (tertiary/aromatic N) is 5. The smallest absolute Gasteiger partial charge is 0.461 e. The first-order valence-electron chi connectivity index (χ1n) is 11.6. The van der Waals surface area contributed by atoms with Crippen molar-refractivity contribution in [1.82, 2.24) is 20.3 Å². The van der Waals surface area contributed by atoms with Gasteiger partial charge in [-0.25, -0.2) is 9.71 Å².